The average Bonchev–Trinajstić information content (AvgIpc) is 2.78. The minimum Gasteiger partial charge on any atom is -0.342 e. The van der Waals surface area contributed by atoms with Gasteiger partial charge in [0.25, 0.3) is 0 Å². The second-order valence-electron chi connectivity index (χ2n) is 4.58. The predicted molar refractivity (Wildman–Crippen MR) is 85.6 cm³/mol. The summed E-state index contributed by atoms with van der Waals surface area (Å²) in [6.07, 6.45) is 2.76. The summed E-state index contributed by atoms with van der Waals surface area (Å²) < 4.78 is 3.01. The smallest absolute Gasteiger partial charge is 0.152 e. The van der Waals surface area contributed by atoms with E-state index in [1.165, 1.54) is 0 Å². The molecule has 0 aliphatic heterocycles. The predicted octanol–water partition coefficient (Wildman–Crippen LogP) is 4.92. The van der Waals surface area contributed by atoms with Gasteiger partial charge in [0.1, 0.15) is 0 Å². The maximum Gasteiger partial charge on any atom is 0.152 e. The molecule has 0 unspecified atom stereocenters. The first-order valence-electron chi connectivity index (χ1n) is 6.16. The van der Waals surface area contributed by atoms with E-state index < -0.39 is 0 Å². The summed E-state index contributed by atoms with van der Waals surface area (Å²) in [5.41, 5.74) is 2.75. The quantitative estimate of drug-likeness (QED) is 0.616. The molecule has 0 aliphatic carbocycles. The molecular weight excluding hydrogens is 338 g/mol. The number of carbonyl (C=O) groups is 1. The van der Waals surface area contributed by atoms with Crippen molar-refractivity contribution in [3.63, 3.8) is 0 Å². The summed E-state index contributed by atoms with van der Waals surface area (Å²) in [5, 5.41) is 1.68. The minimum atomic E-state index is 0.644. The van der Waals surface area contributed by atoms with Gasteiger partial charge in [-0.15, -0.1) is 0 Å². The van der Waals surface area contributed by atoms with Crippen LogP contribution in [0.2, 0.25) is 5.02 Å². The van der Waals surface area contributed by atoms with Crippen LogP contribution in [0, 0.1) is 0 Å². The molecule has 0 saturated carbocycles. The van der Waals surface area contributed by atoms with E-state index in [-0.39, 0.29) is 0 Å². The lowest BCUT2D eigenvalue weighted by molar-refractivity contribution is 0.112. The third kappa shape index (κ3) is 2.39. The molecule has 0 N–H and O–H groups in total. The highest BCUT2D eigenvalue weighted by Crippen LogP contribution is 2.26. The number of benzene rings is 2. The molecule has 20 heavy (non-hydrogen) atoms. The highest BCUT2D eigenvalue weighted by atomic mass is 79.9. The Balaban J connectivity index is 2.13. The van der Waals surface area contributed by atoms with Gasteiger partial charge in [0, 0.05) is 38.7 Å². The Morgan fingerprint density at radius 1 is 1.20 bits per heavy atom. The summed E-state index contributed by atoms with van der Waals surface area (Å²) in [7, 11) is 0. The van der Waals surface area contributed by atoms with Crippen molar-refractivity contribution in [2.45, 2.75) is 6.54 Å². The van der Waals surface area contributed by atoms with Gasteiger partial charge < -0.3 is 4.57 Å². The number of hydrogen-bond acceptors (Lipinski definition) is 1. The van der Waals surface area contributed by atoms with Crippen molar-refractivity contribution in [1.82, 2.24) is 4.57 Å². The first-order valence-corrected chi connectivity index (χ1v) is 7.33. The molecule has 1 aromatic heterocycles. The van der Waals surface area contributed by atoms with Crippen molar-refractivity contribution >= 4 is 44.7 Å². The first-order chi connectivity index (χ1) is 9.69. The Morgan fingerprint density at radius 3 is 2.75 bits per heavy atom. The number of aldehydes is 1. The number of rotatable bonds is 3. The number of carbonyl (C=O) groups excluding carboxylic acids is 1. The van der Waals surface area contributed by atoms with Crippen LogP contribution in [0.5, 0.6) is 0 Å². The second kappa shape index (κ2) is 5.43. The third-order valence-corrected chi connectivity index (χ3v) is 4.16. The van der Waals surface area contributed by atoms with Gasteiger partial charge in [-0.3, -0.25) is 4.79 Å². The molecule has 3 rings (SSSR count). The van der Waals surface area contributed by atoms with Crippen molar-refractivity contribution in [1.29, 1.82) is 0 Å². The van der Waals surface area contributed by atoms with Crippen LogP contribution < -0.4 is 0 Å². The van der Waals surface area contributed by atoms with Crippen LogP contribution in [0.1, 0.15) is 15.9 Å². The molecule has 0 atom stereocenters. The van der Waals surface area contributed by atoms with Gasteiger partial charge in [-0.2, -0.15) is 0 Å². The fraction of sp³-hybridized carbons (Fsp3) is 0.0625. The van der Waals surface area contributed by atoms with E-state index in [1.54, 1.807) is 0 Å². The average molecular weight is 349 g/mol. The molecule has 0 fully saturated rings. The van der Waals surface area contributed by atoms with Crippen LogP contribution in [-0.4, -0.2) is 10.9 Å². The number of hydrogen-bond donors (Lipinski definition) is 0. The van der Waals surface area contributed by atoms with E-state index in [1.807, 2.05) is 53.2 Å². The molecule has 3 aromatic rings. The zero-order valence-electron chi connectivity index (χ0n) is 10.5. The standard InChI is InChI=1S/C16H11BrClNO/c17-13-5-6-16-14(7-13)12(10-20)9-19(16)8-11-3-1-2-4-15(11)18/h1-7,9-10H,8H2. The molecule has 2 nitrogen and oxygen atoms in total. The lowest BCUT2D eigenvalue weighted by Crippen LogP contribution is -1.98. The molecule has 0 amide bonds. The van der Waals surface area contributed by atoms with Gasteiger partial charge in [-0.25, -0.2) is 0 Å². The maximum atomic E-state index is 11.2. The van der Waals surface area contributed by atoms with Gasteiger partial charge in [0.15, 0.2) is 6.29 Å². The zero-order chi connectivity index (χ0) is 14.1. The number of nitrogens with zero attached hydrogens (tertiary/aromatic N) is 1. The number of fused-ring (bicyclic) bond motifs is 1. The maximum absolute atomic E-state index is 11.2. The first kappa shape index (κ1) is 13.4. The monoisotopic (exact) mass is 347 g/mol. The van der Waals surface area contributed by atoms with Gasteiger partial charge in [-0.05, 0) is 29.8 Å². The SMILES string of the molecule is O=Cc1cn(Cc2ccccc2Cl)c2ccc(Br)cc12. The number of aromatic nitrogens is 1. The molecule has 0 bridgehead atoms. The molecule has 0 aliphatic rings. The van der Waals surface area contributed by atoms with Crippen LogP contribution in [-0.2, 0) is 6.54 Å². The van der Waals surface area contributed by atoms with Crippen LogP contribution in [0.4, 0.5) is 0 Å². The molecule has 0 spiro atoms. The van der Waals surface area contributed by atoms with Gasteiger partial charge in [-0.1, -0.05) is 45.7 Å². The van der Waals surface area contributed by atoms with Gasteiger partial charge in [0.05, 0.1) is 0 Å². The lowest BCUT2D eigenvalue weighted by Gasteiger charge is -2.07. The lowest BCUT2D eigenvalue weighted by atomic mass is 10.2. The van der Waals surface area contributed by atoms with Crippen molar-refractivity contribution in [2.75, 3.05) is 0 Å². The largest absolute Gasteiger partial charge is 0.342 e. The molecule has 1 heterocycles. The second-order valence-corrected chi connectivity index (χ2v) is 5.91. The molecule has 100 valence electrons. The highest BCUT2D eigenvalue weighted by Gasteiger charge is 2.09. The Labute approximate surface area is 130 Å². The molecule has 0 radical (unpaired) electrons. The summed E-state index contributed by atoms with van der Waals surface area (Å²) >= 11 is 9.64. The Morgan fingerprint density at radius 2 is 2.00 bits per heavy atom. The van der Waals surface area contributed by atoms with Crippen molar-refractivity contribution in [2.24, 2.45) is 0 Å². The van der Waals surface area contributed by atoms with Gasteiger partial charge >= 0.3 is 0 Å². The Hall–Kier alpha value is -1.58. The van der Waals surface area contributed by atoms with Crippen molar-refractivity contribution in [3.05, 3.63) is 69.3 Å². The summed E-state index contributed by atoms with van der Waals surface area (Å²) in [4.78, 5) is 11.2. The van der Waals surface area contributed by atoms with Crippen LogP contribution in [0.25, 0.3) is 10.9 Å². The highest BCUT2D eigenvalue weighted by molar-refractivity contribution is 9.10. The summed E-state index contributed by atoms with van der Waals surface area (Å²) in [5.74, 6) is 0. The van der Waals surface area contributed by atoms with Gasteiger partial charge in [0.2, 0.25) is 0 Å². The fourth-order valence-electron chi connectivity index (χ4n) is 2.33. The fourth-order valence-corrected chi connectivity index (χ4v) is 2.89. The van der Waals surface area contributed by atoms with Crippen molar-refractivity contribution in [3.8, 4) is 0 Å². The van der Waals surface area contributed by atoms with Crippen LogP contribution in [0.3, 0.4) is 0 Å². The van der Waals surface area contributed by atoms with Crippen molar-refractivity contribution < 1.29 is 4.79 Å². The topological polar surface area (TPSA) is 22.0 Å². The summed E-state index contributed by atoms with van der Waals surface area (Å²) in [6, 6.07) is 13.7. The molecule has 2 aromatic carbocycles. The van der Waals surface area contributed by atoms with E-state index in [0.29, 0.717) is 12.1 Å². The van der Waals surface area contributed by atoms with E-state index in [0.717, 1.165) is 32.2 Å². The van der Waals surface area contributed by atoms with Crippen LogP contribution >= 0.6 is 27.5 Å². The molecule has 4 heteroatoms. The normalized spacial score (nSPS) is 10.9. The Bertz CT molecular complexity index is 794. The number of halogens is 2. The van der Waals surface area contributed by atoms with E-state index >= 15 is 0 Å². The zero-order valence-corrected chi connectivity index (χ0v) is 12.9. The van der Waals surface area contributed by atoms with E-state index in [9.17, 15) is 4.79 Å². The minimum absolute atomic E-state index is 0.644. The van der Waals surface area contributed by atoms with E-state index in [4.69, 9.17) is 11.6 Å². The van der Waals surface area contributed by atoms with E-state index in [2.05, 4.69) is 15.9 Å². The Kier molecular flexibility index (Phi) is 3.64. The third-order valence-electron chi connectivity index (χ3n) is 3.30. The summed E-state index contributed by atoms with van der Waals surface area (Å²) in [6.45, 7) is 0.644. The molecular formula is C16H11BrClNO. The molecule has 0 saturated heterocycles. The van der Waals surface area contributed by atoms with Crippen LogP contribution in [0.15, 0.2) is 53.1 Å².